The summed E-state index contributed by atoms with van der Waals surface area (Å²) >= 11 is 6.11. The molecule has 0 N–H and O–H groups in total. The van der Waals surface area contributed by atoms with Gasteiger partial charge in [0.15, 0.2) is 0 Å². The van der Waals surface area contributed by atoms with Crippen LogP contribution in [-0.2, 0) is 14.3 Å². The summed E-state index contributed by atoms with van der Waals surface area (Å²) in [5, 5.41) is 0.634. The van der Waals surface area contributed by atoms with Crippen molar-refractivity contribution >= 4 is 40.8 Å². The number of unbranched alkanes of at least 4 members (excludes halogenated alkanes) is 1. The number of pyridine rings is 1. The van der Waals surface area contributed by atoms with Gasteiger partial charge in [0.2, 0.25) is 11.8 Å². The summed E-state index contributed by atoms with van der Waals surface area (Å²) < 4.78 is 5.21. The Hall–Kier alpha value is -4.04. The third-order valence-corrected chi connectivity index (χ3v) is 6.68. The molecule has 1 aromatic heterocycles. The molecule has 1 aliphatic rings. The van der Waals surface area contributed by atoms with Gasteiger partial charge in [-0.25, -0.2) is 4.79 Å². The van der Waals surface area contributed by atoms with E-state index >= 15 is 0 Å². The van der Waals surface area contributed by atoms with Crippen LogP contribution < -0.4 is 4.90 Å². The SMILES string of the molecule is CC(=O)N(C)C.CCCCC(C)COC(=O)c1cccnc1.CN1C(=O)CN=C(c2ccccc2)c2cc(Cl)ccc21. The van der Waals surface area contributed by atoms with Gasteiger partial charge in [0.1, 0.15) is 6.54 Å². The number of benzodiazepines with no additional fused rings is 1. The Kier molecular flexibility index (Phi) is 14.4. The average Bonchev–Trinajstić information content (AvgIpc) is 3.11. The second-order valence-electron chi connectivity index (χ2n) is 10.1. The lowest BCUT2D eigenvalue weighted by molar-refractivity contribution is -0.126. The smallest absolute Gasteiger partial charge is 0.339 e. The first-order valence-electron chi connectivity index (χ1n) is 14.0. The van der Waals surface area contributed by atoms with Gasteiger partial charge in [0.25, 0.3) is 0 Å². The third-order valence-electron chi connectivity index (χ3n) is 6.45. The lowest BCUT2D eigenvalue weighted by Gasteiger charge is -2.18. The molecular formula is C33H41ClN4O4. The maximum absolute atomic E-state index is 12.0. The van der Waals surface area contributed by atoms with Crippen molar-refractivity contribution < 1.29 is 19.1 Å². The van der Waals surface area contributed by atoms with Gasteiger partial charge < -0.3 is 14.5 Å². The fourth-order valence-corrected chi connectivity index (χ4v) is 3.90. The van der Waals surface area contributed by atoms with Crippen LogP contribution in [0.25, 0.3) is 0 Å². The molecule has 9 heteroatoms. The van der Waals surface area contributed by atoms with Crippen molar-refractivity contribution in [2.75, 3.05) is 39.2 Å². The first-order valence-corrected chi connectivity index (χ1v) is 14.3. The monoisotopic (exact) mass is 592 g/mol. The molecule has 3 aromatic rings. The number of halogens is 1. The van der Waals surface area contributed by atoms with Crippen LogP contribution in [0.2, 0.25) is 5.02 Å². The highest BCUT2D eigenvalue weighted by Crippen LogP contribution is 2.28. The molecule has 0 saturated heterocycles. The molecule has 2 aromatic carbocycles. The van der Waals surface area contributed by atoms with Crippen LogP contribution in [0.4, 0.5) is 5.69 Å². The average molecular weight is 593 g/mol. The van der Waals surface area contributed by atoms with Crippen molar-refractivity contribution in [2.24, 2.45) is 10.9 Å². The maximum Gasteiger partial charge on any atom is 0.339 e. The summed E-state index contributed by atoms with van der Waals surface area (Å²) in [5.74, 6) is 0.214. The zero-order valence-corrected chi connectivity index (χ0v) is 26.1. The van der Waals surface area contributed by atoms with Crippen LogP contribution in [0.15, 0.2) is 78.0 Å². The van der Waals surface area contributed by atoms with Crippen molar-refractivity contribution in [1.29, 1.82) is 0 Å². The fourth-order valence-electron chi connectivity index (χ4n) is 3.73. The molecule has 1 atom stereocenters. The first-order chi connectivity index (χ1) is 20.0. The van der Waals surface area contributed by atoms with Crippen molar-refractivity contribution in [3.63, 3.8) is 0 Å². The largest absolute Gasteiger partial charge is 0.462 e. The quantitative estimate of drug-likeness (QED) is 0.300. The Morgan fingerprint density at radius 3 is 2.38 bits per heavy atom. The van der Waals surface area contributed by atoms with Gasteiger partial charge in [0.05, 0.1) is 23.6 Å². The van der Waals surface area contributed by atoms with Gasteiger partial charge in [-0.15, -0.1) is 0 Å². The topological polar surface area (TPSA) is 92.2 Å². The van der Waals surface area contributed by atoms with Crippen LogP contribution in [0.3, 0.4) is 0 Å². The molecule has 0 aliphatic carbocycles. The molecule has 2 heterocycles. The molecular weight excluding hydrogens is 552 g/mol. The minimum atomic E-state index is -0.281. The Bertz CT molecular complexity index is 1330. The molecule has 2 amide bonds. The van der Waals surface area contributed by atoms with Crippen LogP contribution in [0.5, 0.6) is 0 Å². The zero-order chi connectivity index (χ0) is 31.1. The van der Waals surface area contributed by atoms with Crippen LogP contribution in [0.1, 0.15) is 61.5 Å². The minimum absolute atomic E-state index is 0.0282. The highest BCUT2D eigenvalue weighted by atomic mass is 35.5. The van der Waals surface area contributed by atoms with Crippen LogP contribution >= 0.6 is 11.6 Å². The number of fused-ring (bicyclic) bond motifs is 1. The lowest BCUT2D eigenvalue weighted by atomic mass is 10.0. The number of aliphatic imine (C=N–C) groups is 1. The summed E-state index contributed by atoms with van der Waals surface area (Å²) in [6.07, 6.45) is 6.64. The lowest BCUT2D eigenvalue weighted by Crippen LogP contribution is -2.27. The number of benzene rings is 2. The number of hydrogen-bond donors (Lipinski definition) is 0. The van der Waals surface area contributed by atoms with E-state index in [-0.39, 0.29) is 24.3 Å². The zero-order valence-electron chi connectivity index (χ0n) is 25.3. The molecule has 4 rings (SSSR count). The van der Waals surface area contributed by atoms with Crippen LogP contribution in [0, 0.1) is 5.92 Å². The van der Waals surface area contributed by atoms with E-state index in [2.05, 4.69) is 23.8 Å². The van der Waals surface area contributed by atoms with E-state index in [0.29, 0.717) is 23.1 Å². The number of nitrogens with zero attached hydrogens (tertiary/aromatic N) is 4. The Balaban J connectivity index is 0.000000251. The molecule has 42 heavy (non-hydrogen) atoms. The number of carbonyl (C=O) groups excluding carboxylic acids is 3. The van der Waals surface area contributed by atoms with E-state index in [1.165, 1.54) is 30.9 Å². The highest BCUT2D eigenvalue weighted by molar-refractivity contribution is 6.32. The Morgan fingerprint density at radius 1 is 1.10 bits per heavy atom. The van der Waals surface area contributed by atoms with E-state index in [0.717, 1.165) is 28.9 Å². The summed E-state index contributed by atoms with van der Waals surface area (Å²) in [6, 6.07) is 18.8. The van der Waals surface area contributed by atoms with Crippen molar-refractivity contribution in [2.45, 2.75) is 40.0 Å². The van der Waals surface area contributed by atoms with Crippen molar-refractivity contribution in [3.05, 3.63) is 94.8 Å². The van der Waals surface area contributed by atoms with Crippen LogP contribution in [-0.4, -0.2) is 67.7 Å². The van der Waals surface area contributed by atoms with E-state index in [1.807, 2.05) is 42.5 Å². The number of anilines is 1. The second-order valence-corrected chi connectivity index (χ2v) is 10.6. The Labute approximate surface area is 254 Å². The number of amides is 2. The molecule has 0 fully saturated rings. The summed E-state index contributed by atoms with van der Waals surface area (Å²) in [7, 11) is 5.21. The van der Waals surface area contributed by atoms with E-state index in [4.69, 9.17) is 16.3 Å². The number of carbonyl (C=O) groups is 3. The number of ether oxygens (including phenoxy) is 1. The molecule has 1 aliphatic heterocycles. The normalized spacial score (nSPS) is 12.7. The second kappa shape index (κ2) is 17.7. The summed E-state index contributed by atoms with van der Waals surface area (Å²) in [5.41, 5.74) is 4.03. The first kappa shape index (κ1) is 34.2. The predicted octanol–water partition coefficient (Wildman–Crippen LogP) is 6.31. The van der Waals surface area contributed by atoms with Gasteiger partial charge in [-0.3, -0.25) is 19.6 Å². The summed E-state index contributed by atoms with van der Waals surface area (Å²) in [4.78, 5) is 45.2. The number of aromatic nitrogens is 1. The van der Waals surface area contributed by atoms with Gasteiger partial charge in [-0.1, -0.05) is 68.6 Å². The van der Waals surface area contributed by atoms with Crippen molar-refractivity contribution in [1.82, 2.24) is 9.88 Å². The van der Waals surface area contributed by atoms with E-state index < -0.39 is 0 Å². The molecule has 0 radical (unpaired) electrons. The number of likely N-dealkylation sites (N-methyl/N-ethyl adjacent to an activating group) is 1. The van der Waals surface area contributed by atoms with Gasteiger partial charge in [-0.05, 0) is 42.7 Å². The van der Waals surface area contributed by atoms with E-state index in [1.54, 1.807) is 50.4 Å². The molecule has 224 valence electrons. The predicted molar refractivity (Wildman–Crippen MR) is 169 cm³/mol. The third kappa shape index (κ3) is 11.1. The highest BCUT2D eigenvalue weighted by Gasteiger charge is 2.22. The molecule has 8 nitrogen and oxygen atoms in total. The molecule has 1 unspecified atom stereocenters. The van der Waals surface area contributed by atoms with Crippen molar-refractivity contribution in [3.8, 4) is 0 Å². The maximum atomic E-state index is 12.0. The standard InChI is InChI=1S/C16H13ClN2O.C13H19NO2.C4H9NO/c1-19-14-8-7-12(17)9-13(14)16(18-10-15(19)20)11-5-3-2-4-6-11;1-3-4-6-11(2)10-16-13(15)12-7-5-8-14-9-12;1-4(6)5(2)3/h2-9H,10H2,1H3;5,7-9,11H,3-4,6,10H2,1-2H3;1-3H3. The fraction of sp³-hybridized carbons (Fsp3) is 0.364. The number of rotatable bonds is 7. The van der Waals surface area contributed by atoms with Gasteiger partial charge in [0, 0.05) is 56.6 Å². The number of esters is 1. The summed E-state index contributed by atoms with van der Waals surface area (Å²) in [6.45, 7) is 6.43. The van der Waals surface area contributed by atoms with Gasteiger partial charge in [-0.2, -0.15) is 0 Å². The molecule has 0 bridgehead atoms. The van der Waals surface area contributed by atoms with Gasteiger partial charge >= 0.3 is 5.97 Å². The van der Waals surface area contributed by atoms with E-state index in [9.17, 15) is 14.4 Å². The molecule has 0 spiro atoms. The number of hydrogen-bond acceptors (Lipinski definition) is 6. The minimum Gasteiger partial charge on any atom is -0.462 e. The Morgan fingerprint density at radius 2 is 1.79 bits per heavy atom. The molecule has 0 saturated carbocycles.